The predicted octanol–water partition coefficient (Wildman–Crippen LogP) is 3.11. The summed E-state index contributed by atoms with van der Waals surface area (Å²) in [6, 6.07) is 8.92. The monoisotopic (exact) mass is 289 g/mol. The first kappa shape index (κ1) is 15.4. The predicted molar refractivity (Wildman–Crippen MR) is 77.0 cm³/mol. The molecule has 1 aromatic heterocycles. The number of rotatable bonds is 7. The third-order valence-electron chi connectivity index (χ3n) is 2.99. The highest BCUT2D eigenvalue weighted by atomic mass is 16.7. The Morgan fingerprint density at radius 3 is 2.76 bits per heavy atom. The molecule has 0 saturated heterocycles. The van der Waals surface area contributed by atoms with Crippen molar-refractivity contribution in [3.8, 4) is 0 Å². The topological polar surface area (TPSA) is 61.6 Å². The Morgan fingerprint density at radius 2 is 2.10 bits per heavy atom. The minimum absolute atomic E-state index is 0.195. The van der Waals surface area contributed by atoms with Crippen LogP contribution in [0.15, 0.2) is 34.9 Å². The minimum atomic E-state index is -0.314. The molecule has 0 saturated carbocycles. The maximum atomic E-state index is 12.4. The van der Waals surface area contributed by atoms with Gasteiger partial charge in [0, 0.05) is 18.2 Å². The molecule has 0 amide bonds. The highest BCUT2D eigenvalue weighted by molar-refractivity contribution is 6.08. The first-order valence-corrected chi connectivity index (χ1v) is 6.91. The summed E-state index contributed by atoms with van der Waals surface area (Å²) in [7, 11) is 0. The van der Waals surface area contributed by atoms with Gasteiger partial charge in [-0.1, -0.05) is 29.4 Å². The molecule has 0 aliphatic carbocycles. The van der Waals surface area contributed by atoms with E-state index >= 15 is 0 Å². The van der Waals surface area contributed by atoms with Crippen LogP contribution >= 0.6 is 0 Å². The van der Waals surface area contributed by atoms with Gasteiger partial charge in [0.2, 0.25) is 11.5 Å². The number of hydrogen-bond acceptors (Lipinski definition) is 5. The van der Waals surface area contributed by atoms with Gasteiger partial charge in [-0.25, -0.2) is 0 Å². The van der Waals surface area contributed by atoms with Crippen LogP contribution in [0.5, 0.6) is 0 Å². The van der Waals surface area contributed by atoms with Gasteiger partial charge in [0.05, 0.1) is 12.3 Å². The number of carbonyl (C=O) groups is 1. The molecule has 2 rings (SSSR count). The maximum Gasteiger partial charge on any atom is 0.231 e. The molecule has 0 aliphatic rings. The van der Waals surface area contributed by atoms with E-state index in [1.165, 1.54) is 0 Å². The molecule has 2 aromatic rings. The van der Waals surface area contributed by atoms with Crippen molar-refractivity contribution >= 4 is 5.78 Å². The first-order valence-electron chi connectivity index (χ1n) is 6.91. The van der Waals surface area contributed by atoms with Crippen LogP contribution in [0.1, 0.15) is 41.2 Å². The van der Waals surface area contributed by atoms with Crippen molar-refractivity contribution in [3.05, 3.63) is 52.9 Å². The number of carbonyl (C=O) groups excluding carboxylic acids is 1. The zero-order valence-corrected chi connectivity index (χ0v) is 12.5. The Balaban J connectivity index is 2.15. The van der Waals surface area contributed by atoms with E-state index in [1.807, 2.05) is 32.0 Å². The third kappa shape index (κ3) is 4.00. The van der Waals surface area contributed by atoms with Crippen LogP contribution < -0.4 is 0 Å². The lowest BCUT2D eigenvalue weighted by Crippen LogP contribution is -2.14. The molecule has 21 heavy (non-hydrogen) atoms. The molecule has 0 aliphatic heterocycles. The third-order valence-corrected chi connectivity index (χ3v) is 2.99. The highest BCUT2D eigenvalue weighted by Crippen LogP contribution is 2.17. The Hall–Kier alpha value is -1.98. The van der Waals surface area contributed by atoms with Gasteiger partial charge in [-0.15, -0.1) is 0 Å². The van der Waals surface area contributed by atoms with Gasteiger partial charge in [0.1, 0.15) is 0 Å². The molecule has 0 radical (unpaired) electrons. The Morgan fingerprint density at radius 1 is 1.33 bits per heavy atom. The minimum Gasteiger partial charge on any atom is -0.353 e. The molecule has 0 N–H and O–H groups in total. The van der Waals surface area contributed by atoms with E-state index in [0.29, 0.717) is 24.5 Å². The molecule has 1 unspecified atom stereocenters. The average molecular weight is 289 g/mol. The van der Waals surface area contributed by atoms with Gasteiger partial charge >= 0.3 is 0 Å². The van der Waals surface area contributed by atoms with Gasteiger partial charge in [-0.2, -0.15) is 0 Å². The van der Waals surface area contributed by atoms with Crippen molar-refractivity contribution in [3.63, 3.8) is 0 Å². The van der Waals surface area contributed by atoms with Crippen LogP contribution in [0.3, 0.4) is 0 Å². The van der Waals surface area contributed by atoms with Crippen LogP contribution in [-0.2, 0) is 16.1 Å². The summed E-state index contributed by atoms with van der Waals surface area (Å²) in [4.78, 5) is 12.4. The lowest BCUT2D eigenvalue weighted by Gasteiger charge is -2.14. The lowest BCUT2D eigenvalue weighted by atomic mass is 10.0. The summed E-state index contributed by atoms with van der Waals surface area (Å²) in [5.41, 5.74) is 2.03. The van der Waals surface area contributed by atoms with Crippen molar-refractivity contribution in [2.24, 2.45) is 0 Å². The molecule has 1 aromatic carbocycles. The zero-order valence-electron chi connectivity index (χ0n) is 12.5. The lowest BCUT2D eigenvalue weighted by molar-refractivity contribution is -0.134. The molecule has 1 atom stereocenters. The SMILES string of the molecule is CCOC(C)OCc1ccccc1C(=O)c1cc(C)no1. The van der Waals surface area contributed by atoms with Crippen molar-refractivity contribution in [1.82, 2.24) is 5.16 Å². The van der Waals surface area contributed by atoms with Crippen LogP contribution in [0.4, 0.5) is 0 Å². The Bertz CT molecular complexity index is 606. The van der Waals surface area contributed by atoms with Crippen molar-refractivity contribution in [2.75, 3.05) is 6.61 Å². The van der Waals surface area contributed by atoms with Crippen LogP contribution in [0, 0.1) is 6.92 Å². The van der Waals surface area contributed by atoms with Gasteiger partial charge in [0.15, 0.2) is 6.29 Å². The van der Waals surface area contributed by atoms with E-state index in [-0.39, 0.29) is 17.8 Å². The smallest absolute Gasteiger partial charge is 0.231 e. The van der Waals surface area contributed by atoms with Gasteiger partial charge in [0.25, 0.3) is 0 Å². The summed E-state index contributed by atoms with van der Waals surface area (Å²) in [5, 5.41) is 3.74. The average Bonchev–Trinajstić information content (AvgIpc) is 2.91. The largest absolute Gasteiger partial charge is 0.353 e. The summed E-state index contributed by atoms with van der Waals surface area (Å²) in [6.45, 7) is 6.39. The highest BCUT2D eigenvalue weighted by Gasteiger charge is 2.18. The second-order valence-corrected chi connectivity index (χ2v) is 4.65. The number of ether oxygens (including phenoxy) is 2. The van der Waals surface area contributed by atoms with E-state index < -0.39 is 0 Å². The second-order valence-electron chi connectivity index (χ2n) is 4.65. The molecular formula is C16H19NO4. The van der Waals surface area contributed by atoms with E-state index in [4.69, 9.17) is 14.0 Å². The number of nitrogens with zero attached hydrogens (tertiary/aromatic N) is 1. The number of aryl methyl sites for hydroxylation is 1. The van der Waals surface area contributed by atoms with E-state index in [9.17, 15) is 4.79 Å². The van der Waals surface area contributed by atoms with Crippen LogP contribution in [0.2, 0.25) is 0 Å². The molecule has 0 bridgehead atoms. The van der Waals surface area contributed by atoms with Crippen molar-refractivity contribution < 1.29 is 18.8 Å². The van der Waals surface area contributed by atoms with E-state index in [1.54, 1.807) is 19.1 Å². The fourth-order valence-electron chi connectivity index (χ4n) is 1.96. The van der Waals surface area contributed by atoms with Crippen molar-refractivity contribution in [1.29, 1.82) is 0 Å². The van der Waals surface area contributed by atoms with Crippen LogP contribution in [-0.4, -0.2) is 23.8 Å². The normalized spacial score (nSPS) is 12.3. The fraction of sp³-hybridized carbons (Fsp3) is 0.375. The summed E-state index contributed by atoms with van der Waals surface area (Å²) in [5.74, 6) is 0.0386. The maximum absolute atomic E-state index is 12.4. The number of ketones is 1. The Kier molecular flexibility index (Phi) is 5.25. The molecule has 1 heterocycles. The number of benzene rings is 1. The molecule has 112 valence electrons. The standard InChI is InChI=1S/C16H19NO4/c1-4-19-12(3)20-10-13-7-5-6-8-14(13)16(18)15-9-11(2)17-21-15/h5-9,12H,4,10H2,1-3H3. The van der Waals surface area contributed by atoms with Crippen molar-refractivity contribution in [2.45, 2.75) is 33.7 Å². The van der Waals surface area contributed by atoms with Gasteiger partial charge in [-0.3, -0.25) is 4.79 Å². The summed E-state index contributed by atoms with van der Waals surface area (Å²) in [6.07, 6.45) is -0.314. The van der Waals surface area contributed by atoms with Crippen LogP contribution in [0.25, 0.3) is 0 Å². The fourth-order valence-corrected chi connectivity index (χ4v) is 1.96. The van der Waals surface area contributed by atoms with E-state index in [2.05, 4.69) is 5.16 Å². The summed E-state index contributed by atoms with van der Waals surface area (Å²) < 4.78 is 15.9. The second kappa shape index (κ2) is 7.15. The molecule has 5 heteroatoms. The number of hydrogen-bond donors (Lipinski definition) is 0. The molecule has 0 fully saturated rings. The Labute approximate surface area is 123 Å². The van der Waals surface area contributed by atoms with Gasteiger partial charge in [-0.05, 0) is 26.3 Å². The number of aromatic nitrogens is 1. The molecular weight excluding hydrogens is 270 g/mol. The first-order chi connectivity index (χ1) is 10.1. The summed E-state index contributed by atoms with van der Waals surface area (Å²) >= 11 is 0. The van der Waals surface area contributed by atoms with E-state index in [0.717, 1.165) is 5.56 Å². The molecule has 0 spiro atoms. The zero-order chi connectivity index (χ0) is 15.2. The quantitative estimate of drug-likeness (QED) is 0.579. The van der Waals surface area contributed by atoms with Gasteiger partial charge < -0.3 is 14.0 Å². The molecule has 5 nitrogen and oxygen atoms in total.